The number of rotatable bonds is 5. The van der Waals surface area contributed by atoms with E-state index in [1.165, 1.54) is 24.3 Å². The summed E-state index contributed by atoms with van der Waals surface area (Å²) in [6.45, 7) is 2.97. The number of benzene rings is 1. The predicted octanol–water partition coefficient (Wildman–Crippen LogP) is 1.27. The summed E-state index contributed by atoms with van der Waals surface area (Å²) in [5.41, 5.74) is 5.06. The molecule has 0 bridgehead atoms. The highest BCUT2D eigenvalue weighted by molar-refractivity contribution is 7.80. The molecule has 2 rings (SSSR count). The SMILES string of the molecule is C[C@H](Oc1ccc(F)cc1)C(=O)NNC(=S)NC[C@@H]1CCCO1. The minimum absolute atomic E-state index is 0.159. The largest absolute Gasteiger partial charge is 0.481 e. The summed E-state index contributed by atoms with van der Waals surface area (Å²) in [5, 5.41) is 3.28. The van der Waals surface area contributed by atoms with Crippen LogP contribution in [0.2, 0.25) is 0 Å². The van der Waals surface area contributed by atoms with Crippen molar-refractivity contribution in [2.45, 2.75) is 32.0 Å². The first-order valence-corrected chi connectivity index (χ1v) is 7.83. The molecule has 1 saturated heterocycles. The molecule has 3 N–H and O–H groups in total. The number of carbonyl (C=O) groups is 1. The van der Waals surface area contributed by atoms with Crippen LogP contribution in [0.25, 0.3) is 0 Å². The molecule has 1 heterocycles. The van der Waals surface area contributed by atoms with Crippen molar-refractivity contribution < 1.29 is 18.7 Å². The van der Waals surface area contributed by atoms with Crippen molar-refractivity contribution in [1.82, 2.24) is 16.2 Å². The maximum Gasteiger partial charge on any atom is 0.279 e. The van der Waals surface area contributed by atoms with Crippen molar-refractivity contribution in [3.8, 4) is 5.75 Å². The zero-order valence-corrected chi connectivity index (χ0v) is 13.6. The van der Waals surface area contributed by atoms with Crippen LogP contribution < -0.4 is 20.9 Å². The van der Waals surface area contributed by atoms with Gasteiger partial charge < -0.3 is 14.8 Å². The third-order valence-corrected chi connectivity index (χ3v) is 3.56. The van der Waals surface area contributed by atoms with Crippen LogP contribution >= 0.6 is 12.2 Å². The monoisotopic (exact) mass is 341 g/mol. The zero-order valence-electron chi connectivity index (χ0n) is 12.8. The molecule has 0 aromatic heterocycles. The molecular formula is C15H20FN3O3S. The molecular weight excluding hydrogens is 321 g/mol. The molecule has 2 atom stereocenters. The fraction of sp³-hybridized carbons (Fsp3) is 0.467. The Morgan fingerprint density at radius 3 is 2.83 bits per heavy atom. The number of thiocarbonyl (C=S) groups is 1. The second kappa shape index (κ2) is 8.64. The zero-order chi connectivity index (χ0) is 16.7. The molecule has 1 aliphatic heterocycles. The second-order valence-corrected chi connectivity index (χ2v) is 5.58. The highest BCUT2D eigenvalue weighted by Gasteiger charge is 2.17. The van der Waals surface area contributed by atoms with Gasteiger partial charge in [0.25, 0.3) is 5.91 Å². The van der Waals surface area contributed by atoms with E-state index in [2.05, 4.69) is 16.2 Å². The van der Waals surface area contributed by atoms with Crippen LogP contribution in [0.5, 0.6) is 5.75 Å². The molecule has 1 amide bonds. The van der Waals surface area contributed by atoms with Gasteiger partial charge in [0.1, 0.15) is 11.6 Å². The molecule has 0 saturated carbocycles. The average Bonchev–Trinajstić information content (AvgIpc) is 3.06. The van der Waals surface area contributed by atoms with Crippen molar-refractivity contribution >= 4 is 23.2 Å². The van der Waals surface area contributed by atoms with Crippen LogP contribution in [0.1, 0.15) is 19.8 Å². The molecule has 0 radical (unpaired) electrons. The summed E-state index contributed by atoms with van der Waals surface area (Å²) < 4.78 is 23.7. The third-order valence-electron chi connectivity index (χ3n) is 3.31. The van der Waals surface area contributed by atoms with E-state index in [1.54, 1.807) is 6.92 Å². The van der Waals surface area contributed by atoms with Crippen LogP contribution in [0.4, 0.5) is 4.39 Å². The van der Waals surface area contributed by atoms with Crippen LogP contribution in [0.3, 0.4) is 0 Å². The first kappa shape index (κ1) is 17.4. The van der Waals surface area contributed by atoms with Gasteiger partial charge in [-0.15, -0.1) is 0 Å². The fourth-order valence-electron chi connectivity index (χ4n) is 2.05. The summed E-state index contributed by atoms with van der Waals surface area (Å²) in [7, 11) is 0. The second-order valence-electron chi connectivity index (χ2n) is 5.17. The molecule has 0 aliphatic carbocycles. The predicted molar refractivity (Wildman–Crippen MR) is 87.3 cm³/mol. The Morgan fingerprint density at radius 2 is 2.17 bits per heavy atom. The summed E-state index contributed by atoms with van der Waals surface area (Å²) in [6, 6.07) is 5.45. The van der Waals surface area contributed by atoms with Gasteiger partial charge in [-0.2, -0.15) is 0 Å². The Hall–Kier alpha value is -1.93. The lowest BCUT2D eigenvalue weighted by atomic mass is 10.2. The molecule has 0 unspecified atom stereocenters. The highest BCUT2D eigenvalue weighted by Crippen LogP contribution is 2.13. The van der Waals surface area contributed by atoms with Crippen LogP contribution in [0.15, 0.2) is 24.3 Å². The number of carbonyl (C=O) groups excluding carboxylic acids is 1. The lowest BCUT2D eigenvalue weighted by Crippen LogP contribution is -2.51. The van der Waals surface area contributed by atoms with Crippen molar-refractivity contribution in [2.75, 3.05) is 13.2 Å². The van der Waals surface area contributed by atoms with Crippen molar-refractivity contribution in [3.63, 3.8) is 0 Å². The quantitative estimate of drug-likeness (QED) is 0.553. The first-order chi connectivity index (χ1) is 11.0. The van der Waals surface area contributed by atoms with Crippen molar-refractivity contribution in [1.29, 1.82) is 0 Å². The molecule has 1 fully saturated rings. The van der Waals surface area contributed by atoms with Crippen molar-refractivity contribution in [3.05, 3.63) is 30.1 Å². The Balaban J connectivity index is 1.66. The smallest absolute Gasteiger partial charge is 0.279 e. The molecule has 1 aliphatic rings. The highest BCUT2D eigenvalue weighted by atomic mass is 32.1. The van der Waals surface area contributed by atoms with Gasteiger partial charge in [-0.1, -0.05) is 0 Å². The lowest BCUT2D eigenvalue weighted by Gasteiger charge is -2.17. The molecule has 23 heavy (non-hydrogen) atoms. The van der Waals surface area contributed by atoms with E-state index >= 15 is 0 Å². The number of nitrogens with one attached hydrogen (secondary N) is 3. The first-order valence-electron chi connectivity index (χ1n) is 7.42. The minimum Gasteiger partial charge on any atom is -0.481 e. The van der Waals surface area contributed by atoms with Gasteiger partial charge in [0.15, 0.2) is 11.2 Å². The summed E-state index contributed by atoms with van der Waals surface area (Å²) in [5.74, 6) is -0.345. The number of hydrazine groups is 1. The number of amides is 1. The molecule has 0 spiro atoms. The molecule has 1 aromatic rings. The number of halogens is 1. The van der Waals surface area contributed by atoms with Gasteiger partial charge in [-0.25, -0.2) is 4.39 Å². The van der Waals surface area contributed by atoms with Crippen LogP contribution in [-0.4, -0.2) is 36.4 Å². The average molecular weight is 341 g/mol. The third kappa shape index (κ3) is 5.99. The van der Waals surface area contributed by atoms with Gasteiger partial charge in [0.05, 0.1) is 6.10 Å². The Labute approximate surface area is 139 Å². The summed E-state index contributed by atoms with van der Waals surface area (Å²) >= 11 is 5.06. The fourth-order valence-corrected chi connectivity index (χ4v) is 2.18. The van der Waals surface area contributed by atoms with Crippen LogP contribution in [-0.2, 0) is 9.53 Å². The van der Waals surface area contributed by atoms with E-state index in [9.17, 15) is 9.18 Å². The number of hydrogen-bond acceptors (Lipinski definition) is 4. The Morgan fingerprint density at radius 1 is 1.43 bits per heavy atom. The topological polar surface area (TPSA) is 71.6 Å². The van der Waals surface area contributed by atoms with E-state index < -0.39 is 12.0 Å². The van der Waals surface area contributed by atoms with E-state index in [0.717, 1.165) is 19.4 Å². The summed E-state index contributed by atoms with van der Waals surface area (Å²) in [6.07, 6.45) is 1.46. The Kier molecular flexibility index (Phi) is 6.54. The Bertz CT molecular complexity index is 535. The van der Waals surface area contributed by atoms with Crippen molar-refractivity contribution in [2.24, 2.45) is 0 Å². The molecule has 6 nitrogen and oxygen atoms in total. The summed E-state index contributed by atoms with van der Waals surface area (Å²) in [4.78, 5) is 11.9. The number of ether oxygens (including phenoxy) is 2. The lowest BCUT2D eigenvalue weighted by molar-refractivity contribution is -0.127. The number of hydrogen-bond donors (Lipinski definition) is 3. The van der Waals surface area contributed by atoms with Gasteiger partial charge in [-0.05, 0) is 56.2 Å². The van der Waals surface area contributed by atoms with Gasteiger partial charge in [-0.3, -0.25) is 15.6 Å². The van der Waals surface area contributed by atoms with E-state index in [4.69, 9.17) is 21.7 Å². The maximum absolute atomic E-state index is 12.8. The van der Waals surface area contributed by atoms with Crippen LogP contribution in [0, 0.1) is 5.82 Å². The van der Waals surface area contributed by atoms with E-state index in [0.29, 0.717) is 17.4 Å². The molecule has 8 heteroatoms. The van der Waals surface area contributed by atoms with E-state index in [-0.39, 0.29) is 11.9 Å². The van der Waals surface area contributed by atoms with Gasteiger partial charge >= 0.3 is 0 Å². The normalized spacial score (nSPS) is 18.1. The maximum atomic E-state index is 12.8. The van der Waals surface area contributed by atoms with Gasteiger partial charge in [0, 0.05) is 13.2 Å². The van der Waals surface area contributed by atoms with E-state index in [1.807, 2.05) is 0 Å². The standard InChI is InChI=1S/C15H20FN3O3S/c1-10(22-12-6-4-11(16)5-7-12)14(20)18-19-15(23)17-9-13-3-2-8-21-13/h4-7,10,13H,2-3,8-9H2,1H3,(H,18,20)(H2,17,19,23)/t10-,13-/m0/s1. The minimum atomic E-state index is -0.756. The molecule has 126 valence electrons. The molecule has 1 aromatic carbocycles. The van der Waals surface area contributed by atoms with Gasteiger partial charge in [0.2, 0.25) is 0 Å².